The van der Waals surface area contributed by atoms with E-state index < -0.39 is 5.41 Å². The molecule has 1 saturated carbocycles. The molecule has 33 heavy (non-hydrogen) atoms. The van der Waals surface area contributed by atoms with Crippen molar-refractivity contribution in [1.29, 1.82) is 0 Å². The Morgan fingerprint density at radius 2 is 1.82 bits per heavy atom. The highest BCUT2D eigenvalue weighted by molar-refractivity contribution is 6.06. The lowest BCUT2D eigenvalue weighted by Crippen LogP contribution is -2.41. The Morgan fingerprint density at radius 1 is 1.15 bits per heavy atom. The maximum Gasteiger partial charge on any atom is 0.281 e. The van der Waals surface area contributed by atoms with E-state index in [1.54, 1.807) is 29.5 Å². The van der Waals surface area contributed by atoms with Gasteiger partial charge in [0.1, 0.15) is 5.84 Å². The summed E-state index contributed by atoms with van der Waals surface area (Å²) in [6.45, 7) is 3.60. The first kappa shape index (κ1) is 22.6. The zero-order chi connectivity index (χ0) is 23.6. The lowest BCUT2D eigenvalue weighted by Gasteiger charge is -2.30. The summed E-state index contributed by atoms with van der Waals surface area (Å²) in [4.78, 5) is 27.3. The van der Waals surface area contributed by atoms with Crippen LogP contribution >= 0.6 is 0 Å². The Bertz CT molecular complexity index is 1150. The van der Waals surface area contributed by atoms with Gasteiger partial charge in [0.25, 0.3) is 5.91 Å². The topological polar surface area (TPSA) is 128 Å². The van der Waals surface area contributed by atoms with Gasteiger partial charge in [-0.3, -0.25) is 9.48 Å². The van der Waals surface area contributed by atoms with Crippen molar-refractivity contribution in [3.63, 3.8) is 0 Å². The van der Waals surface area contributed by atoms with E-state index in [2.05, 4.69) is 31.9 Å². The number of carbonyl (C=O) groups is 1. The fourth-order valence-corrected chi connectivity index (χ4v) is 3.94. The average molecular weight is 447 g/mol. The summed E-state index contributed by atoms with van der Waals surface area (Å²) < 4.78 is 1.75. The van der Waals surface area contributed by atoms with Gasteiger partial charge in [0.05, 0.1) is 23.7 Å². The molecule has 1 aromatic carbocycles. The zero-order valence-electron chi connectivity index (χ0n) is 19.3. The predicted molar refractivity (Wildman–Crippen MR) is 129 cm³/mol. The fourth-order valence-electron chi connectivity index (χ4n) is 3.94. The van der Waals surface area contributed by atoms with E-state index in [1.807, 2.05) is 38.4 Å². The van der Waals surface area contributed by atoms with Crippen LogP contribution in [0.5, 0.6) is 0 Å². The van der Waals surface area contributed by atoms with Gasteiger partial charge >= 0.3 is 0 Å². The van der Waals surface area contributed by atoms with Crippen molar-refractivity contribution in [1.82, 2.24) is 24.6 Å². The van der Waals surface area contributed by atoms with E-state index in [1.165, 1.54) is 0 Å². The standard InChI is InChI=1S/C24H30N8O/c1-24(20-8-9-20,19-6-4-16(5-7-19)17-12-27-23(26)28-13-17)22(25)30-21(33)18-14-29-32(15-18)11-10-31(2)3/h4-7,12-15,20H,8-11H2,1-3H3,(H2,25,30,33)(H2,26,27,28). The largest absolute Gasteiger partial charge is 0.386 e. The monoisotopic (exact) mass is 446 g/mol. The molecule has 9 nitrogen and oxygen atoms in total. The van der Waals surface area contributed by atoms with Crippen LogP contribution in [0.1, 0.15) is 35.7 Å². The molecule has 2 aromatic heterocycles. The molecule has 3 aromatic rings. The van der Waals surface area contributed by atoms with Crippen LogP contribution in [0.3, 0.4) is 0 Å². The van der Waals surface area contributed by atoms with Crippen LogP contribution in [0.4, 0.5) is 5.95 Å². The maximum absolute atomic E-state index is 12.8. The summed E-state index contributed by atoms with van der Waals surface area (Å²) in [7, 11) is 3.99. The van der Waals surface area contributed by atoms with Crippen LogP contribution in [0.15, 0.2) is 54.0 Å². The Kier molecular flexibility index (Phi) is 6.24. The Morgan fingerprint density at radius 3 is 2.42 bits per heavy atom. The SMILES string of the molecule is CN(C)CCn1cc(C(=O)N=C(N)C(C)(c2ccc(-c3cnc(N)nc3)cc2)C2CC2)cn1. The highest BCUT2D eigenvalue weighted by Gasteiger charge is 2.46. The second kappa shape index (κ2) is 9.11. The van der Waals surface area contributed by atoms with Crippen LogP contribution in [-0.2, 0) is 12.0 Å². The number of nitrogens with two attached hydrogens (primary N) is 2. The average Bonchev–Trinajstić information content (AvgIpc) is 3.55. The van der Waals surface area contributed by atoms with E-state index in [0.29, 0.717) is 23.9 Å². The molecule has 172 valence electrons. The van der Waals surface area contributed by atoms with Crippen molar-refractivity contribution >= 4 is 17.7 Å². The first-order valence-corrected chi connectivity index (χ1v) is 11.0. The number of nitrogens with zero attached hydrogens (tertiary/aromatic N) is 6. The molecular weight excluding hydrogens is 416 g/mol. The first-order valence-electron chi connectivity index (χ1n) is 11.0. The molecule has 0 radical (unpaired) electrons. The number of aromatic nitrogens is 4. The fraction of sp³-hybridized carbons (Fsp3) is 0.375. The molecule has 1 atom stereocenters. The number of aliphatic imine (C=N–C) groups is 1. The molecule has 0 spiro atoms. The molecule has 1 unspecified atom stereocenters. The minimum atomic E-state index is -0.521. The summed E-state index contributed by atoms with van der Waals surface area (Å²) in [5.41, 5.74) is 14.9. The highest BCUT2D eigenvalue weighted by Crippen LogP contribution is 2.47. The zero-order valence-corrected chi connectivity index (χ0v) is 19.3. The van der Waals surface area contributed by atoms with E-state index >= 15 is 0 Å². The van der Waals surface area contributed by atoms with Gasteiger partial charge in [-0.05, 0) is 50.9 Å². The summed E-state index contributed by atoms with van der Waals surface area (Å²) in [5, 5.41) is 4.27. The quantitative estimate of drug-likeness (QED) is 0.401. The Hall–Kier alpha value is -3.59. The van der Waals surface area contributed by atoms with Crippen molar-refractivity contribution in [2.75, 3.05) is 26.4 Å². The summed E-state index contributed by atoms with van der Waals surface area (Å²) >= 11 is 0. The molecule has 9 heteroatoms. The number of benzene rings is 1. The number of hydrogen-bond donors (Lipinski definition) is 2. The van der Waals surface area contributed by atoms with Crippen LogP contribution < -0.4 is 11.5 Å². The van der Waals surface area contributed by atoms with E-state index in [9.17, 15) is 4.79 Å². The molecule has 2 heterocycles. The highest BCUT2D eigenvalue weighted by atomic mass is 16.1. The maximum atomic E-state index is 12.8. The summed E-state index contributed by atoms with van der Waals surface area (Å²) in [6, 6.07) is 8.09. The molecule has 4 rings (SSSR count). The molecule has 0 aliphatic heterocycles. The van der Waals surface area contributed by atoms with Crippen molar-refractivity contribution in [3.05, 3.63) is 60.2 Å². The molecule has 1 amide bonds. The third-order valence-electron chi connectivity index (χ3n) is 6.29. The Labute approximate surface area is 193 Å². The van der Waals surface area contributed by atoms with E-state index in [-0.39, 0.29) is 11.9 Å². The number of nitrogen functional groups attached to an aromatic ring is 1. The number of rotatable bonds is 8. The van der Waals surface area contributed by atoms with Gasteiger partial charge in [0, 0.05) is 30.7 Å². The number of amidine groups is 1. The molecule has 4 N–H and O–H groups in total. The van der Waals surface area contributed by atoms with Gasteiger partial charge in [-0.15, -0.1) is 0 Å². The van der Waals surface area contributed by atoms with Gasteiger partial charge < -0.3 is 16.4 Å². The molecule has 1 aliphatic carbocycles. The number of amides is 1. The first-order chi connectivity index (χ1) is 15.8. The second-order valence-electron chi connectivity index (χ2n) is 8.98. The number of carbonyl (C=O) groups excluding carboxylic acids is 1. The third-order valence-corrected chi connectivity index (χ3v) is 6.29. The van der Waals surface area contributed by atoms with Crippen molar-refractivity contribution in [2.45, 2.75) is 31.7 Å². The summed E-state index contributed by atoms with van der Waals surface area (Å²) in [5.74, 6) is 0.557. The Balaban J connectivity index is 1.56. The minimum absolute atomic E-state index is 0.244. The van der Waals surface area contributed by atoms with Crippen LogP contribution in [0.2, 0.25) is 0 Å². The van der Waals surface area contributed by atoms with Gasteiger partial charge in [-0.25, -0.2) is 9.97 Å². The van der Waals surface area contributed by atoms with Crippen molar-refractivity contribution in [3.8, 4) is 11.1 Å². The molecule has 1 fully saturated rings. The smallest absolute Gasteiger partial charge is 0.281 e. The normalized spacial score (nSPS) is 16.1. The van der Waals surface area contributed by atoms with Gasteiger partial charge in [0.2, 0.25) is 5.95 Å². The van der Waals surface area contributed by atoms with Gasteiger partial charge in [-0.2, -0.15) is 10.1 Å². The van der Waals surface area contributed by atoms with Crippen LogP contribution in [0.25, 0.3) is 11.1 Å². The van der Waals surface area contributed by atoms with E-state index in [0.717, 1.165) is 36.1 Å². The summed E-state index contributed by atoms with van der Waals surface area (Å²) in [6.07, 6.45) is 8.77. The predicted octanol–water partition coefficient (Wildman–Crippen LogP) is 2.35. The van der Waals surface area contributed by atoms with Gasteiger partial charge in [0.15, 0.2) is 0 Å². The van der Waals surface area contributed by atoms with Gasteiger partial charge in [-0.1, -0.05) is 24.3 Å². The van der Waals surface area contributed by atoms with Crippen LogP contribution in [-0.4, -0.2) is 57.0 Å². The minimum Gasteiger partial charge on any atom is -0.386 e. The lowest BCUT2D eigenvalue weighted by molar-refractivity contribution is 0.100. The molecule has 0 saturated heterocycles. The van der Waals surface area contributed by atoms with E-state index in [4.69, 9.17) is 11.5 Å². The van der Waals surface area contributed by atoms with Crippen molar-refractivity contribution < 1.29 is 4.79 Å². The number of likely N-dealkylation sites (N-methyl/N-ethyl adjacent to an activating group) is 1. The number of anilines is 1. The van der Waals surface area contributed by atoms with Crippen molar-refractivity contribution in [2.24, 2.45) is 16.6 Å². The molecular formula is C24H30N8O. The second-order valence-corrected chi connectivity index (χ2v) is 8.98. The lowest BCUT2D eigenvalue weighted by atomic mass is 9.76. The third kappa shape index (κ3) is 4.93. The number of hydrogen-bond acceptors (Lipinski definition) is 6. The molecule has 1 aliphatic rings. The molecule has 0 bridgehead atoms. The van der Waals surface area contributed by atoms with Crippen LogP contribution in [0, 0.1) is 5.92 Å².